The van der Waals surface area contributed by atoms with Gasteiger partial charge in [-0.15, -0.1) is 0 Å². The summed E-state index contributed by atoms with van der Waals surface area (Å²) in [6.45, 7) is 0.708. The zero-order chi connectivity index (χ0) is 9.60. The van der Waals surface area contributed by atoms with Gasteiger partial charge in [0.25, 0.3) is 0 Å². The first-order valence-corrected chi connectivity index (χ1v) is 4.42. The van der Waals surface area contributed by atoms with E-state index in [1.54, 1.807) is 0 Å². The Morgan fingerprint density at radius 2 is 2.21 bits per heavy atom. The number of benzene rings is 1. The predicted molar refractivity (Wildman–Crippen MR) is 48.7 cm³/mol. The largest absolute Gasteiger partial charge is 0.443 e. The molecule has 1 fully saturated rings. The first-order valence-electron chi connectivity index (χ1n) is 4.42. The van der Waals surface area contributed by atoms with E-state index in [4.69, 9.17) is 9.15 Å². The Kier molecular flexibility index (Phi) is 1.45. The van der Waals surface area contributed by atoms with E-state index in [2.05, 4.69) is 4.98 Å². The normalized spacial score (nSPS) is 19.5. The highest BCUT2D eigenvalue weighted by Crippen LogP contribution is 2.30. The molecule has 1 saturated heterocycles. The van der Waals surface area contributed by atoms with Gasteiger partial charge in [0.2, 0.25) is 0 Å². The number of oxazole rings is 1. The highest BCUT2D eigenvalue weighted by Gasteiger charge is 2.38. The van der Waals surface area contributed by atoms with Gasteiger partial charge >= 0.3 is 0 Å². The van der Waals surface area contributed by atoms with Gasteiger partial charge < -0.3 is 14.3 Å². The number of nitrogens with zero attached hydrogens (tertiary/aromatic N) is 1. The lowest BCUT2D eigenvalue weighted by molar-refractivity contribution is -0.184. The second-order valence-electron chi connectivity index (χ2n) is 3.56. The van der Waals surface area contributed by atoms with Crippen LogP contribution in [0, 0.1) is 0 Å². The van der Waals surface area contributed by atoms with Crippen LogP contribution in [0.5, 0.6) is 0 Å². The Labute approximate surface area is 80.1 Å². The van der Waals surface area contributed by atoms with Gasteiger partial charge in [-0.2, -0.15) is 0 Å². The number of aliphatic hydroxyl groups is 1. The summed E-state index contributed by atoms with van der Waals surface area (Å²) in [5, 5.41) is 9.99. The molecule has 4 heteroatoms. The molecule has 0 spiro atoms. The van der Waals surface area contributed by atoms with Gasteiger partial charge in [-0.25, -0.2) is 4.98 Å². The zero-order valence-corrected chi connectivity index (χ0v) is 7.43. The summed E-state index contributed by atoms with van der Waals surface area (Å²) in [6.07, 6.45) is 1.40. The van der Waals surface area contributed by atoms with Crippen LogP contribution in [0.4, 0.5) is 0 Å². The van der Waals surface area contributed by atoms with E-state index in [9.17, 15) is 5.11 Å². The van der Waals surface area contributed by atoms with Gasteiger partial charge in [-0.1, -0.05) is 6.07 Å². The third-order valence-electron chi connectivity index (χ3n) is 2.55. The molecule has 1 aliphatic rings. The summed E-state index contributed by atoms with van der Waals surface area (Å²) in [4.78, 5) is 4.01. The second-order valence-corrected chi connectivity index (χ2v) is 3.56. The van der Waals surface area contributed by atoms with Crippen molar-refractivity contribution in [3.8, 4) is 0 Å². The smallest absolute Gasteiger partial charge is 0.181 e. The van der Waals surface area contributed by atoms with Crippen molar-refractivity contribution in [1.82, 2.24) is 4.98 Å². The molecule has 0 bridgehead atoms. The third kappa shape index (κ3) is 0.981. The van der Waals surface area contributed by atoms with Crippen molar-refractivity contribution in [3.05, 3.63) is 30.2 Å². The first kappa shape index (κ1) is 7.96. The molecule has 1 aromatic heterocycles. The molecular weight excluding hydrogens is 182 g/mol. The minimum Gasteiger partial charge on any atom is -0.443 e. The Bertz CT molecular complexity index is 473. The topological polar surface area (TPSA) is 55.5 Å². The minimum atomic E-state index is -0.832. The van der Waals surface area contributed by atoms with E-state index < -0.39 is 5.60 Å². The molecule has 4 nitrogen and oxygen atoms in total. The first-order chi connectivity index (χ1) is 6.78. The zero-order valence-electron chi connectivity index (χ0n) is 7.43. The Balaban J connectivity index is 2.13. The maximum absolute atomic E-state index is 9.99. The molecule has 3 rings (SSSR count). The SMILES string of the molecule is OC1(c2ccc3ncoc3c2)COC1. The molecule has 0 radical (unpaired) electrons. The van der Waals surface area contributed by atoms with Crippen LogP contribution >= 0.6 is 0 Å². The highest BCUT2D eigenvalue weighted by atomic mass is 16.5. The standard InChI is InChI=1S/C10H9NO3/c12-10(4-13-5-10)7-1-2-8-9(3-7)14-6-11-8/h1-3,6,12H,4-5H2. The van der Waals surface area contributed by atoms with Gasteiger partial charge in [-0.3, -0.25) is 0 Å². The van der Waals surface area contributed by atoms with Gasteiger partial charge in [-0.05, 0) is 17.7 Å². The Morgan fingerprint density at radius 1 is 1.36 bits per heavy atom. The highest BCUT2D eigenvalue weighted by molar-refractivity contribution is 5.73. The fraction of sp³-hybridized carbons (Fsp3) is 0.300. The number of ether oxygens (including phenoxy) is 1. The fourth-order valence-corrected chi connectivity index (χ4v) is 1.61. The average molecular weight is 191 g/mol. The fourth-order valence-electron chi connectivity index (χ4n) is 1.61. The van der Waals surface area contributed by atoms with Crippen LogP contribution < -0.4 is 0 Å². The summed E-state index contributed by atoms with van der Waals surface area (Å²) in [6, 6.07) is 5.50. The van der Waals surface area contributed by atoms with E-state index >= 15 is 0 Å². The van der Waals surface area contributed by atoms with Gasteiger partial charge in [0.1, 0.15) is 11.1 Å². The molecule has 2 heterocycles. The minimum absolute atomic E-state index is 0.354. The quantitative estimate of drug-likeness (QED) is 0.731. The van der Waals surface area contributed by atoms with Crippen molar-refractivity contribution in [2.45, 2.75) is 5.60 Å². The predicted octanol–water partition coefficient (Wildman–Crippen LogP) is 1.05. The molecule has 2 aromatic rings. The van der Waals surface area contributed by atoms with Crippen LogP contribution in [0.15, 0.2) is 29.0 Å². The summed E-state index contributed by atoms with van der Waals surface area (Å²) < 4.78 is 10.1. The summed E-state index contributed by atoms with van der Waals surface area (Å²) >= 11 is 0. The van der Waals surface area contributed by atoms with E-state index in [-0.39, 0.29) is 0 Å². The van der Waals surface area contributed by atoms with Crippen molar-refractivity contribution < 1.29 is 14.3 Å². The van der Waals surface area contributed by atoms with Crippen LogP contribution in [-0.4, -0.2) is 23.3 Å². The summed E-state index contributed by atoms with van der Waals surface area (Å²) in [5.74, 6) is 0. The van der Waals surface area contributed by atoms with Crippen LogP contribution in [0.25, 0.3) is 11.1 Å². The number of aromatic nitrogens is 1. The maximum atomic E-state index is 9.99. The van der Waals surface area contributed by atoms with Crippen molar-refractivity contribution in [1.29, 1.82) is 0 Å². The van der Waals surface area contributed by atoms with Crippen LogP contribution in [0.1, 0.15) is 5.56 Å². The van der Waals surface area contributed by atoms with Crippen molar-refractivity contribution in [3.63, 3.8) is 0 Å². The molecule has 72 valence electrons. The Morgan fingerprint density at radius 3 is 2.93 bits per heavy atom. The molecule has 0 unspecified atom stereocenters. The molecule has 1 aliphatic heterocycles. The molecule has 1 N–H and O–H groups in total. The molecule has 14 heavy (non-hydrogen) atoms. The number of hydrogen-bond donors (Lipinski definition) is 1. The molecule has 0 aliphatic carbocycles. The number of hydrogen-bond acceptors (Lipinski definition) is 4. The van der Waals surface area contributed by atoms with Crippen LogP contribution in [0.3, 0.4) is 0 Å². The lowest BCUT2D eigenvalue weighted by Gasteiger charge is -2.36. The number of fused-ring (bicyclic) bond motifs is 1. The van der Waals surface area contributed by atoms with E-state index in [1.807, 2.05) is 18.2 Å². The monoisotopic (exact) mass is 191 g/mol. The summed E-state index contributed by atoms with van der Waals surface area (Å²) in [7, 11) is 0. The molecular formula is C10H9NO3. The molecule has 0 saturated carbocycles. The average Bonchev–Trinajstić information content (AvgIpc) is 2.60. The molecule has 0 amide bonds. The van der Waals surface area contributed by atoms with Crippen molar-refractivity contribution >= 4 is 11.1 Å². The van der Waals surface area contributed by atoms with E-state index in [0.717, 1.165) is 11.1 Å². The van der Waals surface area contributed by atoms with Crippen molar-refractivity contribution in [2.24, 2.45) is 0 Å². The number of rotatable bonds is 1. The van der Waals surface area contributed by atoms with E-state index in [1.165, 1.54) is 6.39 Å². The Hall–Kier alpha value is -1.39. The van der Waals surface area contributed by atoms with Gasteiger partial charge in [0, 0.05) is 0 Å². The molecule has 0 atom stereocenters. The van der Waals surface area contributed by atoms with Crippen LogP contribution in [0.2, 0.25) is 0 Å². The summed E-state index contributed by atoms with van der Waals surface area (Å²) in [5.41, 5.74) is 1.49. The lowest BCUT2D eigenvalue weighted by Crippen LogP contribution is -2.46. The second kappa shape index (κ2) is 2.56. The van der Waals surface area contributed by atoms with Gasteiger partial charge in [0.15, 0.2) is 12.0 Å². The van der Waals surface area contributed by atoms with Crippen LogP contribution in [-0.2, 0) is 10.3 Å². The maximum Gasteiger partial charge on any atom is 0.181 e. The van der Waals surface area contributed by atoms with Gasteiger partial charge in [0.05, 0.1) is 13.2 Å². The van der Waals surface area contributed by atoms with Crippen molar-refractivity contribution in [2.75, 3.05) is 13.2 Å². The van der Waals surface area contributed by atoms with E-state index in [0.29, 0.717) is 18.8 Å². The third-order valence-corrected chi connectivity index (χ3v) is 2.55. The molecule has 1 aromatic carbocycles. The lowest BCUT2D eigenvalue weighted by atomic mass is 9.92.